The topological polar surface area (TPSA) is 52.6 Å². The van der Waals surface area contributed by atoms with E-state index in [0.717, 1.165) is 25.3 Å². The van der Waals surface area contributed by atoms with Crippen LogP contribution in [0.1, 0.15) is 10.4 Å². The Morgan fingerprint density at radius 1 is 0.957 bits per heavy atom. The molecule has 1 rings (SSSR count). The Kier molecular flexibility index (Phi) is 4.92. The van der Waals surface area contributed by atoms with Crippen molar-refractivity contribution in [1.29, 1.82) is 0 Å². The Bertz CT molecular complexity index is 610. The van der Waals surface area contributed by atoms with Crippen LogP contribution >= 0.6 is 0 Å². The molecule has 4 nitrogen and oxygen atoms in total. The molecule has 0 aliphatic heterocycles. The van der Waals surface area contributed by atoms with Crippen LogP contribution in [-0.2, 0) is 9.53 Å². The Labute approximate surface area is 123 Å². The van der Waals surface area contributed by atoms with Gasteiger partial charge in [-0.3, -0.25) is 0 Å². The number of benzene rings is 1. The van der Waals surface area contributed by atoms with Crippen molar-refractivity contribution in [2.24, 2.45) is 0 Å². The predicted octanol–water partition coefficient (Wildman–Crippen LogP) is 3.21. The second-order valence-electron chi connectivity index (χ2n) is 4.02. The van der Waals surface area contributed by atoms with Crippen LogP contribution in [0.15, 0.2) is 24.3 Å². The highest BCUT2D eigenvalue weighted by atomic mass is 19.4. The molecule has 0 amide bonds. The molecule has 0 saturated heterocycles. The number of hydrogen-bond acceptors (Lipinski definition) is 4. The first-order chi connectivity index (χ1) is 10.4. The van der Waals surface area contributed by atoms with E-state index in [0.29, 0.717) is 0 Å². The third-order valence-corrected chi connectivity index (χ3v) is 2.50. The number of ether oxygens (including phenoxy) is 2. The summed E-state index contributed by atoms with van der Waals surface area (Å²) in [6.45, 7) is 0. The summed E-state index contributed by atoms with van der Waals surface area (Å²) in [7, 11) is 0.882. The van der Waals surface area contributed by atoms with Gasteiger partial charge in [-0.25, -0.2) is 9.59 Å². The zero-order valence-electron chi connectivity index (χ0n) is 11.1. The highest BCUT2D eigenvalue weighted by molar-refractivity contribution is 5.94. The van der Waals surface area contributed by atoms with Crippen molar-refractivity contribution in [1.82, 2.24) is 0 Å². The van der Waals surface area contributed by atoms with Crippen molar-refractivity contribution in [2.75, 3.05) is 7.11 Å². The average Bonchev–Trinajstić information content (AvgIpc) is 2.45. The van der Waals surface area contributed by atoms with Crippen molar-refractivity contribution in [3.05, 3.63) is 29.8 Å². The maximum atomic E-state index is 13.1. The Morgan fingerprint density at radius 2 is 1.48 bits per heavy atom. The van der Waals surface area contributed by atoms with Gasteiger partial charge in [0.05, 0.1) is 7.11 Å². The summed E-state index contributed by atoms with van der Waals surface area (Å²) in [5.41, 5.74) is -0.616. The molecular formula is C12H7F7O4. The minimum atomic E-state index is -6.68. The second-order valence-corrected chi connectivity index (χ2v) is 4.02. The molecule has 1 aromatic carbocycles. The molecule has 0 aliphatic carbocycles. The van der Waals surface area contributed by atoms with Crippen LogP contribution in [0.25, 0.3) is 0 Å². The number of para-hydroxylation sites is 1. The van der Waals surface area contributed by atoms with Gasteiger partial charge in [0, 0.05) is 0 Å². The molecule has 0 radical (unpaired) electrons. The predicted molar refractivity (Wildman–Crippen MR) is 59.4 cm³/mol. The Morgan fingerprint density at radius 3 is 1.96 bits per heavy atom. The van der Waals surface area contributed by atoms with Crippen molar-refractivity contribution in [3.8, 4) is 5.75 Å². The molecule has 128 valence electrons. The maximum Gasteiger partial charge on any atom is 0.460 e. The van der Waals surface area contributed by atoms with E-state index in [9.17, 15) is 40.3 Å². The summed E-state index contributed by atoms with van der Waals surface area (Å²) >= 11 is 0. The highest BCUT2D eigenvalue weighted by Crippen LogP contribution is 2.47. The van der Waals surface area contributed by atoms with Crippen LogP contribution in [0.4, 0.5) is 30.7 Å². The van der Waals surface area contributed by atoms with Gasteiger partial charge in [-0.1, -0.05) is 12.1 Å². The van der Waals surface area contributed by atoms with E-state index in [1.54, 1.807) is 0 Å². The van der Waals surface area contributed by atoms with E-state index < -0.39 is 41.3 Å². The lowest BCUT2D eigenvalue weighted by Gasteiger charge is -2.26. The molecule has 0 aromatic heterocycles. The van der Waals surface area contributed by atoms with E-state index in [4.69, 9.17) is 0 Å². The van der Waals surface area contributed by atoms with Gasteiger partial charge in [0.25, 0.3) is 0 Å². The summed E-state index contributed by atoms with van der Waals surface area (Å²) in [6, 6.07) is 3.92. The van der Waals surface area contributed by atoms with Crippen molar-refractivity contribution >= 4 is 11.9 Å². The highest BCUT2D eigenvalue weighted by Gasteiger charge is 2.77. The lowest BCUT2D eigenvalue weighted by atomic mass is 10.1. The van der Waals surface area contributed by atoms with Gasteiger partial charge in [0.2, 0.25) is 0 Å². The van der Waals surface area contributed by atoms with Crippen LogP contribution < -0.4 is 4.74 Å². The normalized spacial score (nSPS) is 12.7. The van der Waals surface area contributed by atoms with E-state index >= 15 is 0 Å². The van der Waals surface area contributed by atoms with E-state index in [1.165, 1.54) is 6.07 Å². The average molecular weight is 348 g/mol. The molecule has 0 heterocycles. The minimum Gasteiger partial charge on any atom is -0.465 e. The van der Waals surface area contributed by atoms with Gasteiger partial charge in [-0.15, -0.1) is 0 Å². The first-order valence-electron chi connectivity index (χ1n) is 5.58. The summed E-state index contributed by atoms with van der Waals surface area (Å²) < 4.78 is 95.7. The van der Waals surface area contributed by atoms with Crippen molar-refractivity contribution in [2.45, 2.75) is 18.0 Å². The molecule has 1 aromatic rings. The SMILES string of the molecule is COC(=O)c1ccccc1OC(=O)C(F)(F)C(F)(F)C(F)(F)F. The van der Waals surface area contributed by atoms with Gasteiger partial charge < -0.3 is 9.47 Å². The standard InChI is InChI=1S/C12H7F7O4/c1-22-8(20)6-4-2-3-5-7(6)23-9(21)10(13,14)11(15,16)12(17,18)19/h2-5H,1H3. The molecule has 0 fully saturated rings. The Hall–Kier alpha value is -2.33. The first kappa shape index (κ1) is 18.7. The van der Waals surface area contributed by atoms with E-state index in [1.807, 2.05) is 0 Å². The number of rotatable bonds is 4. The van der Waals surface area contributed by atoms with Gasteiger partial charge in [0.15, 0.2) is 0 Å². The number of alkyl halides is 7. The maximum absolute atomic E-state index is 13.1. The van der Waals surface area contributed by atoms with Crippen LogP contribution in [-0.4, -0.2) is 37.1 Å². The fourth-order valence-corrected chi connectivity index (χ4v) is 1.30. The molecule has 0 atom stereocenters. The summed E-state index contributed by atoms with van der Waals surface area (Å²) in [5.74, 6) is -18.2. The van der Waals surface area contributed by atoms with Crippen LogP contribution in [0.5, 0.6) is 5.75 Å². The molecule has 23 heavy (non-hydrogen) atoms. The van der Waals surface area contributed by atoms with E-state index in [2.05, 4.69) is 9.47 Å². The van der Waals surface area contributed by atoms with Gasteiger partial charge in [-0.05, 0) is 12.1 Å². The van der Waals surface area contributed by atoms with Gasteiger partial charge >= 0.3 is 30.0 Å². The number of carbonyl (C=O) groups is 2. The number of esters is 2. The molecule has 0 bridgehead atoms. The lowest BCUT2D eigenvalue weighted by molar-refractivity contribution is -0.346. The molecule has 0 unspecified atom stereocenters. The second kappa shape index (κ2) is 6.05. The number of halogens is 7. The number of hydrogen-bond donors (Lipinski definition) is 0. The quantitative estimate of drug-likeness (QED) is 0.476. The molecule has 0 saturated carbocycles. The largest absolute Gasteiger partial charge is 0.465 e. The fraction of sp³-hybridized carbons (Fsp3) is 0.333. The third kappa shape index (κ3) is 3.37. The third-order valence-electron chi connectivity index (χ3n) is 2.50. The van der Waals surface area contributed by atoms with E-state index in [-0.39, 0.29) is 0 Å². The zero-order chi connectivity index (χ0) is 18.1. The van der Waals surface area contributed by atoms with Crippen molar-refractivity contribution in [3.63, 3.8) is 0 Å². The molecule has 11 heteroatoms. The monoisotopic (exact) mass is 348 g/mol. The first-order valence-corrected chi connectivity index (χ1v) is 5.58. The van der Waals surface area contributed by atoms with Crippen LogP contribution in [0.2, 0.25) is 0 Å². The summed E-state index contributed by atoms with van der Waals surface area (Å²) in [4.78, 5) is 22.4. The zero-order valence-corrected chi connectivity index (χ0v) is 11.1. The molecule has 0 aliphatic rings. The summed E-state index contributed by atoms with van der Waals surface area (Å²) in [5, 5.41) is 0. The number of carbonyl (C=O) groups excluding carboxylic acids is 2. The lowest BCUT2D eigenvalue weighted by Crippen LogP contribution is -2.57. The smallest absolute Gasteiger partial charge is 0.460 e. The van der Waals surface area contributed by atoms with Gasteiger partial charge in [-0.2, -0.15) is 30.7 Å². The molecular weight excluding hydrogens is 341 g/mol. The minimum absolute atomic E-state index is 0.616. The van der Waals surface area contributed by atoms with Crippen LogP contribution in [0.3, 0.4) is 0 Å². The van der Waals surface area contributed by atoms with Crippen LogP contribution in [0, 0.1) is 0 Å². The van der Waals surface area contributed by atoms with Crippen molar-refractivity contribution < 1.29 is 49.8 Å². The summed E-state index contributed by atoms with van der Waals surface area (Å²) in [6.07, 6.45) is -6.68. The number of methoxy groups -OCH3 is 1. The fourth-order valence-electron chi connectivity index (χ4n) is 1.30. The molecule has 0 spiro atoms. The molecule has 0 N–H and O–H groups in total. The Balaban J connectivity index is 3.16. The van der Waals surface area contributed by atoms with Gasteiger partial charge in [0.1, 0.15) is 11.3 Å².